The Balaban J connectivity index is 3.11. The molecule has 0 aromatic heterocycles. The van der Waals surface area contributed by atoms with Crippen molar-refractivity contribution in [3.63, 3.8) is 0 Å². The zero-order valence-electron chi connectivity index (χ0n) is 16.7. The van der Waals surface area contributed by atoms with Crippen LogP contribution in [0.25, 0.3) is 0 Å². The van der Waals surface area contributed by atoms with Crippen molar-refractivity contribution >= 4 is 0 Å². The summed E-state index contributed by atoms with van der Waals surface area (Å²) in [5, 5.41) is 0. The maximum atomic E-state index is 4.36. The average molecular weight is 324 g/mol. The van der Waals surface area contributed by atoms with Crippen molar-refractivity contribution < 1.29 is 0 Å². The predicted molar refractivity (Wildman–Crippen MR) is 108 cm³/mol. The minimum absolute atomic E-state index is 0.722. The summed E-state index contributed by atoms with van der Waals surface area (Å²) in [6.07, 6.45) is 27.2. The Morgan fingerprint density at radius 1 is 0.435 bits per heavy atom. The molecule has 0 heterocycles. The zero-order valence-corrected chi connectivity index (χ0v) is 16.7. The lowest BCUT2D eigenvalue weighted by Gasteiger charge is -2.11. The highest BCUT2D eigenvalue weighted by atomic mass is 14.1. The highest BCUT2D eigenvalue weighted by Crippen LogP contribution is 2.18. The monoisotopic (exact) mass is 323 g/mol. The standard InChI is InChI=1S/C23H47/c1-4-6-8-10-12-13-14-16-18-20-22-23(3)21-19-17-15-11-9-7-5-2/h23H,3-22H2,1-2H3. The summed E-state index contributed by atoms with van der Waals surface area (Å²) in [7, 11) is 0. The topological polar surface area (TPSA) is 0 Å². The molecule has 1 unspecified atom stereocenters. The lowest BCUT2D eigenvalue weighted by Crippen LogP contribution is -1.95. The second-order valence-corrected chi connectivity index (χ2v) is 7.75. The van der Waals surface area contributed by atoms with Crippen LogP contribution in [0.4, 0.5) is 0 Å². The summed E-state index contributed by atoms with van der Waals surface area (Å²) < 4.78 is 0. The van der Waals surface area contributed by atoms with Gasteiger partial charge in [0.2, 0.25) is 0 Å². The van der Waals surface area contributed by atoms with Crippen LogP contribution >= 0.6 is 0 Å². The van der Waals surface area contributed by atoms with Crippen molar-refractivity contribution in [3.05, 3.63) is 6.92 Å². The van der Waals surface area contributed by atoms with E-state index in [1.165, 1.54) is 122 Å². The molecule has 0 aliphatic rings. The molecular formula is C23H47. The highest BCUT2D eigenvalue weighted by molar-refractivity contribution is 4.62. The smallest absolute Gasteiger partial charge is 0.0414 e. The van der Waals surface area contributed by atoms with Crippen LogP contribution in [-0.4, -0.2) is 0 Å². The van der Waals surface area contributed by atoms with Crippen molar-refractivity contribution in [2.45, 2.75) is 136 Å². The first-order valence-electron chi connectivity index (χ1n) is 11.1. The van der Waals surface area contributed by atoms with Gasteiger partial charge < -0.3 is 0 Å². The summed E-state index contributed by atoms with van der Waals surface area (Å²) in [5.41, 5.74) is 0. The molecule has 23 heavy (non-hydrogen) atoms. The maximum absolute atomic E-state index is 4.36. The van der Waals surface area contributed by atoms with E-state index in [0.29, 0.717) is 0 Å². The lowest BCUT2D eigenvalue weighted by atomic mass is 9.96. The molecular weight excluding hydrogens is 276 g/mol. The maximum Gasteiger partial charge on any atom is -0.0414 e. The molecule has 1 atom stereocenters. The van der Waals surface area contributed by atoms with Crippen LogP contribution in [0.15, 0.2) is 0 Å². The first kappa shape index (κ1) is 23.0. The number of rotatable bonds is 19. The van der Waals surface area contributed by atoms with Crippen LogP contribution < -0.4 is 0 Å². The van der Waals surface area contributed by atoms with Crippen molar-refractivity contribution in [3.8, 4) is 0 Å². The summed E-state index contributed by atoms with van der Waals surface area (Å²) in [6, 6.07) is 0. The number of unbranched alkanes of at least 4 members (excludes halogenated alkanes) is 15. The molecule has 0 spiro atoms. The van der Waals surface area contributed by atoms with E-state index in [1.807, 2.05) is 0 Å². The second kappa shape index (κ2) is 20.0. The molecule has 139 valence electrons. The van der Waals surface area contributed by atoms with Crippen molar-refractivity contribution in [1.82, 2.24) is 0 Å². The van der Waals surface area contributed by atoms with E-state index in [0.717, 1.165) is 5.92 Å². The van der Waals surface area contributed by atoms with Gasteiger partial charge >= 0.3 is 0 Å². The molecule has 0 aromatic rings. The van der Waals surface area contributed by atoms with Crippen LogP contribution in [0.5, 0.6) is 0 Å². The van der Waals surface area contributed by atoms with Gasteiger partial charge in [-0.05, 0) is 5.92 Å². The van der Waals surface area contributed by atoms with Gasteiger partial charge in [0.1, 0.15) is 0 Å². The Labute approximate surface area is 149 Å². The summed E-state index contributed by atoms with van der Waals surface area (Å²) in [4.78, 5) is 0. The van der Waals surface area contributed by atoms with Gasteiger partial charge in [0.15, 0.2) is 0 Å². The van der Waals surface area contributed by atoms with E-state index in [9.17, 15) is 0 Å². The van der Waals surface area contributed by atoms with Crippen molar-refractivity contribution in [2.24, 2.45) is 5.92 Å². The Hall–Kier alpha value is 0. The van der Waals surface area contributed by atoms with E-state index in [-0.39, 0.29) is 0 Å². The molecule has 0 saturated carbocycles. The fraction of sp³-hybridized carbons (Fsp3) is 0.957. The Bertz CT molecular complexity index is 196. The Kier molecular flexibility index (Phi) is 20.0. The van der Waals surface area contributed by atoms with Crippen LogP contribution in [0.1, 0.15) is 136 Å². The molecule has 0 fully saturated rings. The van der Waals surface area contributed by atoms with Crippen LogP contribution in [-0.2, 0) is 0 Å². The van der Waals surface area contributed by atoms with Gasteiger partial charge in [0.25, 0.3) is 0 Å². The second-order valence-electron chi connectivity index (χ2n) is 7.75. The molecule has 0 amide bonds. The Morgan fingerprint density at radius 3 is 1.00 bits per heavy atom. The third-order valence-corrected chi connectivity index (χ3v) is 5.18. The van der Waals surface area contributed by atoms with E-state index in [2.05, 4.69) is 20.8 Å². The van der Waals surface area contributed by atoms with Crippen molar-refractivity contribution in [2.75, 3.05) is 0 Å². The van der Waals surface area contributed by atoms with Crippen LogP contribution in [0.2, 0.25) is 0 Å². The molecule has 0 heteroatoms. The van der Waals surface area contributed by atoms with Crippen molar-refractivity contribution in [1.29, 1.82) is 0 Å². The SMILES string of the molecule is [CH2]C(CCCCCCCCC)CCCCCCCCCCCC. The van der Waals surface area contributed by atoms with Gasteiger partial charge in [-0.2, -0.15) is 0 Å². The molecule has 0 bridgehead atoms. The summed E-state index contributed by atoms with van der Waals surface area (Å²) in [6.45, 7) is 8.95. The molecule has 0 aromatic carbocycles. The predicted octanol–water partition coefficient (Wildman–Crippen LogP) is 8.89. The summed E-state index contributed by atoms with van der Waals surface area (Å²) >= 11 is 0. The quantitative estimate of drug-likeness (QED) is 0.208. The number of hydrogen-bond donors (Lipinski definition) is 0. The fourth-order valence-corrected chi connectivity index (χ4v) is 3.45. The van der Waals surface area contributed by atoms with E-state index < -0.39 is 0 Å². The minimum Gasteiger partial charge on any atom is -0.0654 e. The molecule has 0 saturated heterocycles. The normalized spacial score (nSPS) is 12.7. The fourth-order valence-electron chi connectivity index (χ4n) is 3.45. The Morgan fingerprint density at radius 2 is 0.696 bits per heavy atom. The third-order valence-electron chi connectivity index (χ3n) is 5.18. The van der Waals surface area contributed by atoms with Gasteiger partial charge in [-0.3, -0.25) is 0 Å². The molecule has 0 aliphatic heterocycles. The molecule has 0 N–H and O–H groups in total. The first-order valence-corrected chi connectivity index (χ1v) is 11.1. The molecule has 0 nitrogen and oxygen atoms in total. The molecule has 0 aliphatic carbocycles. The molecule has 1 radical (unpaired) electrons. The highest BCUT2D eigenvalue weighted by Gasteiger charge is 2.02. The van der Waals surface area contributed by atoms with Crippen LogP contribution in [0, 0.1) is 12.8 Å². The largest absolute Gasteiger partial charge is 0.0654 e. The number of hydrogen-bond acceptors (Lipinski definition) is 0. The van der Waals surface area contributed by atoms with E-state index in [4.69, 9.17) is 0 Å². The third kappa shape index (κ3) is 20.0. The van der Waals surface area contributed by atoms with Gasteiger partial charge in [-0.1, -0.05) is 143 Å². The lowest BCUT2D eigenvalue weighted by molar-refractivity contribution is 0.460. The van der Waals surface area contributed by atoms with E-state index in [1.54, 1.807) is 0 Å². The first-order chi connectivity index (χ1) is 11.3. The van der Waals surface area contributed by atoms with E-state index >= 15 is 0 Å². The minimum atomic E-state index is 0.722. The van der Waals surface area contributed by atoms with Gasteiger partial charge in [0, 0.05) is 0 Å². The summed E-state index contributed by atoms with van der Waals surface area (Å²) in [5.74, 6) is 0.722. The van der Waals surface area contributed by atoms with Gasteiger partial charge in [-0.25, -0.2) is 0 Å². The molecule has 0 rings (SSSR count). The van der Waals surface area contributed by atoms with Gasteiger partial charge in [0.05, 0.1) is 0 Å². The average Bonchev–Trinajstić information content (AvgIpc) is 2.55. The van der Waals surface area contributed by atoms with Gasteiger partial charge in [-0.15, -0.1) is 0 Å². The zero-order chi connectivity index (χ0) is 17.0. The van der Waals surface area contributed by atoms with Crippen LogP contribution in [0.3, 0.4) is 0 Å².